The van der Waals surface area contributed by atoms with Crippen molar-refractivity contribution in [3.05, 3.63) is 202 Å². The maximum atomic E-state index is 12.3. The van der Waals surface area contributed by atoms with E-state index in [9.17, 15) is 39.6 Å². The van der Waals surface area contributed by atoms with E-state index in [1.807, 2.05) is 137 Å². The van der Waals surface area contributed by atoms with Crippen LogP contribution in [0.5, 0.6) is 34.5 Å². The highest BCUT2D eigenvalue weighted by Gasteiger charge is 2.33. The first-order chi connectivity index (χ1) is 36.5. The van der Waals surface area contributed by atoms with Crippen LogP contribution < -0.4 is 9.47 Å². The summed E-state index contributed by atoms with van der Waals surface area (Å²) in [5.74, 6) is 2.60. The summed E-state index contributed by atoms with van der Waals surface area (Å²) in [6.07, 6.45) is 3.22. The summed E-state index contributed by atoms with van der Waals surface area (Å²) in [7, 11) is 3.31. The van der Waals surface area contributed by atoms with Crippen LogP contribution in [0.1, 0.15) is 91.4 Å². The first-order valence-corrected chi connectivity index (χ1v) is 25.5. The Morgan fingerprint density at radius 3 is 1.17 bits per heavy atom. The molecule has 8 aromatic rings. The molecule has 4 aliphatic carbocycles. The molecule has 4 unspecified atom stereocenters. The molecule has 0 fully saturated rings. The van der Waals surface area contributed by atoms with Crippen molar-refractivity contribution >= 4 is 23.1 Å². The van der Waals surface area contributed by atoms with E-state index in [1.165, 1.54) is 23.8 Å². The van der Waals surface area contributed by atoms with Gasteiger partial charge in [-0.3, -0.25) is 19.2 Å². The van der Waals surface area contributed by atoms with E-state index < -0.39 is 0 Å². The van der Waals surface area contributed by atoms with Crippen LogP contribution in [0.3, 0.4) is 0 Å². The van der Waals surface area contributed by atoms with E-state index in [0.717, 1.165) is 104 Å². The van der Waals surface area contributed by atoms with Gasteiger partial charge >= 0.3 is 0 Å². The minimum absolute atomic E-state index is 0.00190. The predicted octanol–water partition coefficient (Wildman–Crippen LogP) is 13.8. The summed E-state index contributed by atoms with van der Waals surface area (Å²) in [6, 6.07) is 48.2. The SMILES string of the molecule is CC1Cc2cccc(-c3cc(O)cc(O)c3)c2C1=O.CC1Cc2cccc(-c3ccc(O)cc3O)c2C1=O.COc1ccc(-c2cccc3c2C(=O)C(C)C3)cc1.COc1cccc(-c2cccc3c2C(=O)C(C)C3)c1. The third-order valence-electron chi connectivity index (χ3n) is 14.8. The van der Waals surface area contributed by atoms with E-state index >= 15 is 0 Å². The van der Waals surface area contributed by atoms with E-state index in [4.69, 9.17) is 9.47 Å². The second kappa shape index (κ2) is 22.0. The number of hydrogen-bond donors (Lipinski definition) is 4. The number of benzene rings is 8. The van der Waals surface area contributed by atoms with Crippen LogP contribution in [-0.2, 0) is 25.7 Å². The lowest BCUT2D eigenvalue weighted by molar-refractivity contribution is 0.0939. The first kappa shape index (κ1) is 52.1. The van der Waals surface area contributed by atoms with Crippen molar-refractivity contribution < 1.29 is 49.1 Å². The van der Waals surface area contributed by atoms with Gasteiger partial charge in [-0.15, -0.1) is 0 Å². The van der Waals surface area contributed by atoms with Gasteiger partial charge < -0.3 is 29.9 Å². The second-order valence-corrected chi connectivity index (χ2v) is 20.1. The quantitative estimate of drug-likeness (QED) is 0.126. The van der Waals surface area contributed by atoms with Crippen LogP contribution in [0.4, 0.5) is 0 Å². The molecule has 0 bridgehead atoms. The van der Waals surface area contributed by atoms with Gasteiger partial charge in [0.2, 0.25) is 0 Å². The fraction of sp³-hybridized carbons (Fsp3) is 0.212. The molecule has 8 aromatic carbocycles. The molecule has 4 N–H and O–H groups in total. The number of phenolic OH excluding ortho intramolecular Hbond substituents is 4. The molecule has 384 valence electrons. The number of methoxy groups -OCH3 is 2. The number of phenols is 4. The van der Waals surface area contributed by atoms with Crippen LogP contribution in [0, 0.1) is 23.7 Å². The van der Waals surface area contributed by atoms with Gasteiger partial charge in [0, 0.05) is 63.6 Å². The molecule has 0 spiro atoms. The molecule has 0 saturated carbocycles. The van der Waals surface area contributed by atoms with Gasteiger partial charge in [-0.25, -0.2) is 0 Å². The Kier molecular flexibility index (Phi) is 15.1. The lowest BCUT2D eigenvalue weighted by atomic mass is 9.95. The molecule has 0 radical (unpaired) electrons. The highest BCUT2D eigenvalue weighted by atomic mass is 16.5. The number of ether oxygens (including phenoxy) is 2. The Morgan fingerprint density at radius 2 is 0.737 bits per heavy atom. The van der Waals surface area contributed by atoms with Crippen molar-refractivity contribution in [3.63, 3.8) is 0 Å². The molecule has 0 saturated heterocycles. The van der Waals surface area contributed by atoms with Crippen LogP contribution >= 0.6 is 0 Å². The van der Waals surface area contributed by atoms with Crippen molar-refractivity contribution in [2.24, 2.45) is 23.7 Å². The minimum atomic E-state index is -0.0132. The minimum Gasteiger partial charge on any atom is -0.508 e. The standard InChI is InChI=1S/2C17H16O2.2C16H14O3/c1-11-9-13-6-4-8-15(16(13)17(11)18)12-5-3-7-14(10-12)19-2;1-11-10-13-4-3-5-15(16(13)17(11)18)12-6-8-14(19-2)9-7-12;1-9-5-10-3-2-4-14(15(10)16(9)19)11-6-12(17)8-13(18)7-11;1-9-7-10-3-2-4-13(15(10)16(9)19)12-6-5-11(17)8-14(12)18/h3-8,10-11H,9H2,1-2H3;3-9,11H,10H2,1-2H3;2-4,6-9,17-18H,5H2,1H3;2-6,8-9,17-18H,7H2,1H3. The molecule has 0 amide bonds. The van der Waals surface area contributed by atoms with Gasteiger partial charge in [-0.2, -0.15) is 0 Å². The third-order valence-corrected chi connectivity index (χ3v) is 14.8. The maximum Gasteiger partial charge on any atom is 0.166 e. The van der Waals surface area contributed by atoms with E-state index in [2.05, 4.69) is 12.1 Å². The molecular weight excluding hydrogens is 953 g/mol. The number of ketones is 4. The van der Waals surface area contributed by atoms with Crippen molar-refractivity contribution in [1.82, 2.24) is 0 Å². The van der Waals surface area contributed by atoms with Crippen molar-refractivity contribution in [2.75, 3.05) is 14.2 Å². The van der Waals surface area contributed by atoms with Gasteiger partial charge in [0.25, 0.3) is 0 Å². The average molecular weight is 1010 g/mol. The fourth-order valence-corrected chi connectivity index (χ4v) is 10.9. The van der Waals surface area contributed by atoms with Crippen LogP contribution in [-0.4, -0.2) is 57.8 Å². The number of carbonyl (C=O) groups is 4. The number of aromatic hydroxyl groups is 4. The highest BCUT2D eigenvalue weighted by Crippen LogP contribution is 2.41. The van der Waals surface area contributed by atoms with Gasteiger partial charge in [-0.05, 0) is 135 Å². The van der Waals surface area contributed by atoms with Crippen molar-refractivity contribution in [3.8, 4) is 79.0 Å². The average Bonchev–Trinajstić information content (AvgIpc) is 4.11. The Balaban J connectivity index is 0.000000124. The maximum absolute atomic E-state index is 12.3. The van der Waals surface area contributed by atoms with Crippen LogP contribution in [0.15, 0.2) is 158 Å². The van der Waals surface area contributed by atoms with Gasteiger partial charge in [0.15, 0.2) is 23.1 Å². The lowest BCUT2D eigenvalue weighted by Crippen LogP contribution is -2.04. The Bertz CT molecular complexity index is 3530. The van der Waals surface area contributed by atoms with Crippen molar-refractivity contribution in [1.29, 1.82) is 0 Å². The zero-order valence-electron chi connectivity index (χ0n) is 43.4. The summed E-state index contributed by atoms with van der Waals surface area (Å²) in [6.45, 7) is 7.84. The van der Waals surface area contributed by atoms with Gasteiger partial charge in [0.1, 0.15) is 34.5 Å². The summed E-state index contributed by atoms with van der Waals surface area (Å²) in [5, 5.41) is 38.5. The Hall–Kier alpha value is -8.76. The zero-order chi connectivity index (χ0) is 53.9. The number of hydrogen-bond acceptors (Lipinski definition) is 10. The molecule has 0 heterocycles. The van der Waals surface area contributed by atoms with Gasteiger partial charge in [-0.1, -0.05) is 125 Å². The summed E-state index contributed by atoms with van der Waals surface area (Å²) in [4.78, 5) is 49.1. The summed E-state index contributed by atoms with van der Waals surface area (Å²) < 4.78 is 10.4. The normalized spacial score (nSPS) is 17.4. The van der Waals surface area contributed by atoms with E-state index in [0.29, 0.717) is 16.7 Å². The number of fused-ring (bicyclic) bond motifs is 4. The molecule has 76 heavy (non-hydrogen) atoms. The number of Topliss-reactive ketones (excluding diaryl/α,β-unsaturated/α-hetero) is 4. The number of carbonyl (C=O) groups excluding carboxylic acids is 4. The molecule has 0 aliphatic heterocycles. The highest BCUT2D eigenvalue weighted by molar-refractivity contribution is 6.10. The molecule has 10 heteroatoms. The Labute approximate surface area is 442 Å². The molecular formula is C66H60O10. The van der Waals surface area contributed by atoms with E-state index in [-0.39, 0.29) is 69.8 Å². The van der Waals surface area contributed by atoms with E-state index in [1.54, 1.807) is 32.4 Å². The monoisotopic (exact) mass is 1010 g/mol. The molecule has 10 nitrogen and oxygen atoms in total. The third kappa shape index (κ3) is 10.5. The summed E-state index contributed by atoms with van der Waals surface area (Å²) in [5.41, 5.74) is 14.6. The number of rotatable bonds is 6. The molecule has 4 aliphatic rings. The first-order valence-electron chi connectivity index (χ1n) is 25.5. The topological polar surface area (TPSA) is 168 Å². The smallest absolute Gasteiger partial charge is 0.166 e. The predicted molar refractivity (Wildman–Crippen MR) is 296 cm³/mol. The Morgan fingerprint density at radius 1 is 0.342 bits per heavy atom. The second-order valence-electron chi connectivity index (χ2n) is 20.1. The lowest BCUT2D eigenvalue weighted by Gasteiger charge is -2.10. The largest absolute Gasteiger partial charge is 0.508 e. The van der Waals surface area contributed by atoms with Crippen LogP contribution in [0.25, 0.3) is 44.5 Å². The molecule has 12 rings (SSSR count). The summed E-state index contributed by atoms with van der Waals surface area (Å²) >= 11 is 0. The molecule has 0 aromatic heterocycles. The fourth-order valence-electron chi connectivity index (χ4n) is 10.9. The molecule has 4 atom stereocenters. The van der Waals surface area contributed by atoms with Crippen molar-refractivity contribution in [2.45, 2.75) is 53.4 Å². The van der Waals surface area contributed by atoms with Gasteiger partial charge in [0.05, 0.1) is 14.2 Å². The zero-order valence-corrected chi connectivity index (χ0v) is 43.4. The van der Waals surface area contributed by atoms with Crippen LogP contribution in [0.2, 0.25) is 0 Å².